The van der Waals surface area contributed by atoms with Crippen LogP contribution in [0.3, 0.4) is 0 Å². The van der Waals surface area contributed by atoms with Crippen LogP contribution in [-0.2, 0) is 13.7 Å². The van der Waals surface area contributed by atoms with E-state index in [1.54, 1.807) is 60.7 Å². The summed E-state index contributed by atoms with van der Waals surface area (Å²) in [7, 11) is -13.4. The summed E-state index contributed by atoms with van der Waals surface area (Å²) in [4.78, 5) is 52.7. The van der Waals surface area contributed by atoms with Crippen LogP contribution in [0.15, 0.2) is 60.7 Å². The van der Waals surface area contributed by atoms with Crippen molar-refractivity contribution in [1.82, 2.24) is 0 Å². The van der Waals surface area contributed by atoms with Gasteiger partial charge in [0.25, 0.3) is 0 Å². The third-order valence-electron chi connectivity index (χ3n) is 1.93. The highest BCUT2D eigenvalue weighted by Crippen LogP contribution is 2.44. The molecule has 2 rings (SSSR count). The lowest BCUT2D eigenvalue weighted by Crippen LogP contribution is -1.99. The highest BCUT2D eigenvalue weighted by Gasteiger charge is 2.24. The number of phosphoric ester groups is 1. The van der Waals surface area contributed by atoms with Gasteiger partial charge in [0.1, 0.15) is 11.5 Å². The number of hydrogen-bond donors (Lipinski definition) is 7. The van der Waals surface area contributed by atoms with Gasteiger partial charge in [0.2, 0.25) is 0 Å². The summed E-state index contributed by atoms with van der Waals surface area (Å²) in [6, 6.07) is 16.7. The fourth-order valence-electron chi connectivity index (χ4n) is 1.25. The molecule has 0 aliphatic rings. The number of rotatable bonds is 4. The van der Waals surface area contributed by atoms with E-state index in [1.165, 1.54) is 0 Å². The van der Waals surface area contributed by atoms with Gasteiger partial charge in [-0.1, -0.05) is 36.4 Å². The van der Waals surface area contributed by atoms with Crippen LogP contribution in [0.4, 0.5) is 0 Å². The summed E-state index contributed by atoms with van der Waals surface area (Å²) in [6.45, 7) is 0. The Labute approximate surface area is 153 Å². The first-order valence-electron chi connectivity index (χ1n) is 6.54. The van der Waals surface area contributed by atoms with E-state index in [0.29, 0.717) is 0 Å². The van der Waals surface area contributed by atoms with Crippen LogP contribution in [0.2, 0.25) is 0 Å². The summed E-state index contributed by atoms with van der Waals surface area (Å²) in [5.74, 6) is 0.573. The minimum Gasteiger partial charge on any atom is -0.395 e. The minimum absolute atomic E-state index is 0.286. The van der Waals surface area contributed by atoms with Gasteiger partial charge in [-0.3, -0.25) is 4.89 Å². The Morgan fingerprint density at radius 1 is 0.519 bits per heavy atom. The lowest BCUT2D eigenvalue weighted by molar-refractivity contribution is 0.272. The molecule has 0 fully saturated rings. The zero-order valence-electron chi connectivity index (χ0n) is 13.3. The van der Waals surface area contributed by atoms with Crippen molar-refractivity contribution in [3.8, 4) is 11.5 Å². The molecule has 15 heteroatoms. The quantitative estimate of drug-likeness (QED) is 0.332. The summed E-state index contributed by atoms with van der Waals surface area (Å²) >= 11 is 0. The van der Waals surface area contributed by atoms with Crippen LogP contribution in [0.1, 0.15) is 0 Å². The number of para-hydroxylation sites is 2. The first kappa shape index (κ1) is 25.4. The maximum atomic E-state index is 11.7. The van der Waals surface area contributed by atoms with Crippen LogP contribution in [0.5, 0.6) is 11.5 Å². The molecule has 0 aliphatic carbocycles. The highest BCUT2D eigenvalue weighted by atomic mass is 31.2. The molecule has 0 aliphatic heterocycles. The number of hydrogen-bond acceptors (Lipinski definition) is 5. The lowest BCUT2D eigenvalue weighted by atomic mass is 10.3. The zero-order chi connectivity index (χ0) is 21.1. The molecule has 27 heavy (non-hydrogen) atoms. The third-order valence-corrected chi connectivity index (χ3v) is 2.81. The van der Waals surface area contributed by atoms with Gasteiger partial charge in [0.05, 0.1) is 0 Å². The van der Waals surface area contributed by atoms with Crippen molar-refractivity contribution in [3.63, 3.8) is 0 Å². The molecule has 2 aromatic carbocycles. The summed E-state index contributed by atoms with van der Waals surface area (Å²) in [6.07, 6.45) is 0. The van der Waals surface area contributed by atoms with Gasteiger partial charge in [-0.2, -0.15) is 0 Å². The molecule has 0 radical (unpaired) electrons. The molecule has 12 nitrogen and oxygen atoms in total. The van der Waals surface area contributed by atoms with Crippen LogP contribution in [0, 0.1) is 0 Å². The maximum absolute atomic E-state index is 11.7. The average molecular weight is 446 g/mol. The van der Waals surface area contributed by atoms with E-state index in [9.17, 15) is 9.46 Å². The van der Waals surface area contributed by atoms with Crippen LogP contribution < -0.4 is 9.05 Å². The average Bonchev–Trinajstić information content (AvgIpc) is 2.44. The van der Waals surface area contributed by atoms with Gasteiger partial charge in [0, 0.05) is 0 Å². The van der Waals surface area contributed by atoms with E-state index < -0.39 is 23.5 Å². The normalized spacial score (nSPS) is 11.2. The number of benzene rings is 2. The van der Waals surface area contributed by atoms with Gasteiger partial charge in [-0.25, -0.2) is 13.7 Å². The van der Waals surface area contributed by atoms with Gasteiger partial charge < -0.3 is 38.4 Å². The van der Waals surface area contributed by atoms with E-state index >= 15 is 0 Å². The van der Waals surface area contributed by atoms with Crippen molar-refractivity contribution < 1.29 is 57.0 Å². The van der Waals surface area contributed by atoms with Gasteiger partial charge in [-0.15, -0.1) is 0 Å². The van der Waals surface area contributed by atoms with Crippen LogP contribution in [0.25, 0.3) is 0 Å². The summed E-state index contributed by atoms with van der Waals surface area (Å²) in [5, 5.41) is 0. The molecule has 0 heterocycles. The van der Waals surface area contributed by atoms with E-state index in [4.69, 9.17) is 47.5 Å². The molecule has 7 N–H and O–H groups in total. The Morgan fingerprint density at radius 2 is 0.741 bits per heavy atom. The molecule has 0 saturated heterocycles. The largest absolute Gasteiger partial charge is 0.584 e. The standard InChI is InChI=1S/C12H11O4P.2H3O4P/c13-17(14,15-11-7-3-1-4-8-11)16-12-9-5-2-6-10-12;2*1-5(2,3)4/h1-10H,(H,13,14);2*(H3,1,2,3,4). The fraction of sp³-hybridized carbons (Fsp3) is 0. The summed E-state index contributed by atoms with van der Waals surface area (Å²) < 4.78 is 39.2. The monoisotopic (exact) mass is 446 g/mol. The molecule has 152 valence electrons. The van der Waals surface area contributed by atoms with E-state index in [0.717, 1.165) is 0 Å². The Bertz CT molecular complexity index is 719. The van der Waals surface area contributed by atoms with Crippen molar-refractivity contribution in [2.24, 2.45) is 0 Å². The Balaban J connectivity index is 0.000000563. The molecular formula is C12H17O12P3. The van der Waals surface area contributed by atoms with E-state index in [-0.39, 0.29) is 11.5 Å². The minimum atomic E-state index is -4.64. The van der Waals surface area contributed by atoms with Crippen molar-refractivity contribution in [1.29, 1.82) is 0 Å². The van der Waals surface area contributed by atoms with Crippen molar-refractivity contribution in [2.75, 3.05) is 0 Å². The lowest BCUT2D eigenvalue weighted by Gasteiger charge is -2.13. The Hall–Kier alpha value is -1.55. The zero-order valence-corrected chi connectivity index (χ0v) is 16.0. The SMILES string of the molecule is O=P(O)(O)O.O=P(O)(O)O.O=P(O)(Oc1ccccc1)Oc1ccccc1. The van der Waals surface area contributed by atoms with Crippen molar-refractivity contribution in [2.45, 2.75) is 0 Å². The molecule has 0 unspecified atom stereocenters. The second-order valence-corrected chi connectivity index (χ2v) is 7.66. The molecule has 0 bridgehead atoms. The molecule has 0 spiro atoms. The Kier molecular flexibility index (Phi) is 10.7. The molecule has 0 aromatic heterocycles. The van der Waals surface area contributed by atoms with Crippen molar-refractivity contribution in [3.05, 3.63) is 60.7 Å². The Morgan fingerprint density at radius 3 is 0.963 bits per heavy atom. The number of phosphoric acid groups is 3. The van der Waals surface area contributed by atoms with Crippen molar-refractivity contribution >= 4 is 23.5 Å². The van der Waals surface area contributed by atoms with E-state index in [1.807, 2.05) is 0 Å². The first-order valence-corrected chi connectivity index (χ1v) is 11.2. The molecule has 0 atom stereocenters. The molecule has 2 aromatic rings. The first-order chi connectivity index (χ1) is 12.2. The van der Waals surface area contributed by atoms with Gasteiger partial charge in [0.15, 0.2) is 0 Å². The topological polar surface area (TPSA) is 211 Å². The van der Waals surface area contributed by atoms with Gasteiger partial charge >= 0.3 is 23.5 Å². The smallest absolute Gasteiger partial charge is 0.395 e. The predicted octanol–water partition coefficient (Wildman–Crippen LogP) is 1.39. The second-order valence-electron chi connectivity index (χ2n) is 4.30. The maximum Gasteiger partial charge on any atom is 0.584 e. The van der Waals surface area contributed by atoms with E-state index in [2.05, 4.69) is 0 Å². The second kappa shape index (κ2) is 11.3. The van der Waals surface area contributed by atoms with Gasteiger partial charge in [-0.05, 0) is 24.3 Å². The molecular weight excluding hydrogens is 429 g/mol. The van der Waals surface area contributed by atoms with Crippen LogP contribution in [-0.4, -0.2) is 34.3 Å². The highest BCUT2D eigenvalue weighted by molar-refractivity contribution is 7.48. The molecule has 0 amide bonds. The third kappa shape index (κ3) is 20.6. The van der Waals surface area contributed by atoms with Crippen LogP contribution >= 0.6 is 23.5 Å². The predicted molar refractivity (Wildman–Crippen MR) is 92.5 cm³/mol. The fourth-order valence-corrected chi connectivity index (χ4v) is 2.06. The molecule has 0 saturated carbocycles. The summed E-state index contributed by atoms with van der Waals surface area (Å²) in [5.41, 5.74) is 0.